The van der Waals surface area contributed by atoms with E-state index in [9.17, 15) is 8.42 Å². The van der Waals surface area contributed by atoms with Crippen LogP contribution in [0.25, 0.3) is 0 Å². The van der Waals surface area contributed by atoms with Crippen LogP contribution in [-0.2, 0) is 10.0 Å². The van der Waals surface area contributed by atoms with E-state index in [1.54, 1.807) is 24.3 Å². The summed E-state index contributed by atoms with van der Waals surface area (Å²) in [5, 5.41) is 3.80. The third kappa shape index (κ3) is 3.41. The van der Waals surface area contributed by atoms with Crippen LogP contribution >= 0.6 is 23.2 Å². The van der Waals surface area contributed by atoms with Crippen molar-refractivity contribution in [2.75, 3.05) is 18.1 Å². The van der Waals surface area contributed by atoms with E-state index < -0.39 is 10.0 Å². The number of benzene rings is 2. The van der Waals surface area contributed by atoms with Gasteiger partial charge in [0.2, 0.25) is 10.0 Å². The molecule has 0 heterocycles. The van der Waals surface area contributed by atoms with E-state index in [0.29, 0.717) is 21.4 Å². The fourth-order valence-electron chi connectivity index (χ4n) is 1.69. The minimum absolute atomic E-state index is 0.0882. The highest BCUT2D eigenvalue weighted by Crippen LogP contribution is 2.33. The van der Waals surface area contributed by atoms with Crippen LogP contribution in [0.4, 0.5) is 17.1 Å². The van der Waals surface area contributed by atoms with Crippen molar-refractivity contribution in [3.05, 3.63) is 46.4 Å². The van der Waals surface area contributed by atoms with E-state index >= 15 is 0 Å². The first kappa shape index (κ1) is 15.9. The van der Waals surface area contributed by atoms with E-state index in [1.165, 1.54) is 19.2 Å². The summed E-state index contributed by atoms with van der Waals surface area (Å²) in [6.07, 6.45) is 0. The van der Waals surface area contributed by atoms with Gasteiger partial charge >= 0.3 is 0 Å². The van der Waals surface area contributed by atoms with Crippen LogP contribution < -0.4 is 15.8 Å². The lowest BCUT2D eigenvalue weighted by atomic mass is 10.2. The van der Waals surface area contributed by atoms with Crippen LogP contribution in [-0.4, -0.2) is 15.5 Å². The summed E-state index contributed by atoms with van der Waals surface area (Å²) in [6, 6.07) is 9.53. The van der Waals surface area contributed by atoms with Gasteiger partial charge in [0, 0.05) is 0 Å². The summed E-state index contributed by atoms with van der Waals surface area (Å²) in [7, 11) is -2.19. The van der Waals surface area contributed by atoms with Crippen LogP contribution in [0.1, 0.15) is 0 Å². The Morgan fingerprint density at radius 3 is 2.43 bits per heavy atom. The van der Waals surface area contributed by atoms with Crippen LogP contribution in [0.5, 0.6) is 0 Å². The third-order valence-electron chi connectivity index (χ3n) is 2.82. The van der Waals surface area contributed by atoms with Gasteiger partial charge < -0.3 is 11.1 Å². The van der Waals surface area contributed by atoms with Crippen molar-refractivity contribution in [3.63, 3.8) is 0 Å². The average molecular weight is 346 g/mol. The predicted molar refractivity (Wildman–Crippen MR) is 86.8 cm³/mol. The van der Waals surface area contributed by atoms with Gasteiger partial charge in [-0.15, -0.1) is 0 Å². The van der Waals surface area contributed by atoms with Crippen molar-refractivity contribution in [1.29, 1.82) is 0 Å². The van der Waals surface area contributed by atoms with E-state index in [2.05, 4.69) is 10.0 Å². The first-order valence-electron chi connectivity index (χ1n) is 5.89. The molecule has 0 aromatic heterocycles. The Balaban J connectivity index is 2.37. The Morgan fingerprint density at radius 2 is 1.81 bits per heavy atom. The Labute approximate surface area is 133 Å². The quantitative estimate of drug-likeness (QED) is 0.742. The Bertz CT molecular complexity index is 779. The summed E-state index contributed by atoms with van der Waals surface area (Å²) in [5.41, 5.74) is 7.28. The molecule has 0 radical (unpaired) electrons. The molecular formula is C13H13Cl2N3O2S. The van der Waals surface area contributed by atoms with Crippen molar-refractivity contribution in [2.24, 2.45) is 0 Å². The molecule has 0 aliphatic heterocycles. The largest absolute Gasteiger partial charge is 0.397 e. The van der Waals surface area contributed by atoms with Gasteiger partial charge in [-0.2, -0.15) is 0 Å². The summed E-state index contributed by atoms with van der Waals surface area (Å²) in [5.74, 6) is 0. The molecule has 2 aromatic rings. The summed E-state index contributed by atoms with van der Waals surface area (Å²) in [6.45, 7) is 0. The van der Waals surface area contributed by atoms with Crippen LogP contribution in [0.15, 0.2) is 41.3 Å². The molecule has 0 atom stereocenters. The second kappa shape index (κ2) is 6.11. The van der Waals surface area contributed by atoms with E-state index in [-0.39, 0.29) is 10.6 Å². The van der Waals surface area contributed by atoms with Gasteiger partial charge in [-0.1, -0.05) is 29.3 Å². The number of hydrogen-bond acceptors (Lipinski definition) is 4. The van der Waals surface area contributed by atoms with Gasteiger partial charge in [0.1, 0.15) is 0 Å². The van der Waals surface area contributed by atoms with Gasteiger partial charge in [0.05, 0.1) is 32.0 Å². The molecule has 0 aliphatic rings. The molecular weight excluding hydrogens is 333 g/mol. The van der Waals surface area contributed by atoms with Crippen molar-refractivity contribution in [3.8, 4) is 0 Å². The summed E-state index contributed by atoms with van der Waals surface area (Å²) in [4.78, 5) is 0.0882. The van der Waals surface area contributed by atoms with Crippen molar-refractivity contribution >= 4 is 50.3 Å². The molecule has 0 amide bonds. The van der Waals surface area contributed by atoms with Crippen molar-refractivity contribution in [1.82, 2.24) is 4.72 Å². The molecule has 4 N–H and O–H groups in total. The zero-order valence-corrected chi connectivity index (χ0v) is 13.4. The van der Waals surface area contributed by atoms with Crippen LogP contribution in [0.3, 0.4) is 0 Å². The molecule has 0 saturated heterocycles. The number of anilines is 3. The van der Waals surface area contributed by atoms with Gasteiger partial charge in [0.15, 0.2) is 0 Å². The number of rotatable bonds is 4. The topological polar surface area (TPSA) is 84.2 Å². The normalized spacial score (nSPS) is 11.4. The SMILES string of the molecule is CNS(=O)(=O)c1ccc(Nc2cccc(Cl)c2Cl)c(N)c1. The highest BCUT2D eigenvalue weighted by Gasteiger charge is 2.13. The number of halogens is 2. The minimum Gasteiger partial charge on any atom is -0.397 e. The Kier molecular flexibility index (Phi) is 4.63. The number of hydrogen-bond donors (Lipinski definition) is 3. The molecule has 2 rings (SSSR count). The molecule has 0 aliphatic carbocycles. The zero-order valence-electron chi connectivity index (χ0n) is 11.0. The number of nitrogens with two attached hydrogens (primary N) is 1. The molecule has 5 nitrogen and oxygen atoms in total. The third-order valence-corrected chi connectivity index (χ3v) is 5.05. The van der Waals surface area contributed by atoms with Gasteiger partial charge in [-0.3, -0.25) is 0 Å². The Hall–Kier alpha value is -1.47. The molecule has 0 fully saturated rings. The monoisotopic (exact) mass is 345 g/mol. The first-order chi connectivity index (χ1) is 9.85. The standard InChI is InChI=1S/C13H13Cl2N3O2S/c1-17-21(19,20)8-5-6-11(10(16)7-8)18-12-4-2-3-9(14)13(12)15/h2-7,17-18H,16H2,1H3. The first-order valence-corrected chi connectivity index (χ1v) is 8.13. The van der Waals surface area contributed by atoms with E-state index in [0.717, 1.165) is 0 Å². The maximum absolute atomic E-state index is 11.7. The molecule has 0 saturated carbocycles. The number of sulfonamides is 1. The average Bonchev–Trinajstić information content (AvgIpc) is 2.45. The van der Waals surface area contributed by atoms with E-state index in [1.807, 2.05) is 0 Å². The summed E-state index contributed by atoms with van der Waals surface area (Å²) < 4.78 is 25.6. The molecule has 0 unspecified atom stereocenters. The predicted octanol–water partition coefficient (Wildman–Crippen LogP) is 3.23. The van der Waals surface area contributed by atoms with Gasteiger partial charge in [-0.05, 0) is 37.4 Å². The number of nitrogens with one attached hydrogen (secondary N) is 2. The lowest BCUT2D eigenvalue weighted by Gasteiger charge is -2.12. The molecule has 0 bridgehead atoms. The van der Waals surface area contributed by atoms with Gasteiger partial charge in [0.25, 0.3) is 0 Å². The number of nitrogen functional groups attached to an aromatic ring is 1. The van der Waals surface area contributed by atoms with Gasteiger partial charge in [-0.25, -0.2) is 13.1 Å². The molecule has 0 spiro atoms. The highest BCUT2D eigenvalue weighted by atomic mass is 35.5. The lowest BCUT2D eigenvalue weighted by molar-refractivity contribution is 0.588. The van der Waals surface area contributed by atoms with Crippen molar-refractivity contribution in [2.45, 2.75) is 4.90 Å². The lowest BCUT2D eigenvalue weighted by Crippen LogP contribution is -2.18. The molecule has 2 aromatic carbocycles. The maximum Gasteiger partial charge on any atom is 0.240 e. The van der Waals surface area contributed by atoms with E-state index in [4.69, 9.17) is 28.9 Å². The molecule has 21 heavy (non-hydrogen) atoms. The fraction of sp³-hybridized carbons (Fsp3) is 0.0769. The second-order valence-corrected chi connectivity index (χ2v) is 6.85. The molecule has 112 valence electrons. The molecule has 8 heteroatoms. The zero-order chi connectivity index (χ0) is 15.6. The Morgan fingerprint density at radius 1 is 1.10 bits per heavy atom. The second-order valence-electron chi connectivity index (χ2n) is 4.18. The fourth-order valence-corrected chi connectivity index (χ4v) is 2.80. The highest BCUT2D eigenvalue weighted by molar-refractivity contribution is 7.89. The van der Waals surface area contributed by atoms with Crippen LogP contribution in [0, 0.1) is 0 Å². The smallest absolute Gasteiger partial charge is 0.240 e. The van der Waals surface area contributed by atoms with Crippen LogP contribution in [0.2, 0.25) is 10.0 Å². The minimum atomic E-state index is -3.53. The maximum atomic E-state index is 11.7. The van der Waals surface area contributed by atoms with Crippen molar-refractivity contribution < 1.29 is 8.42 Å². The summed E-state index contributed by atoms with van der Waals surface area (Å²) >= 11 is 12.0.